The Hall–Kier alpha value is -3.03. The van der Waals surface area contributed by atoms with Crippen LogP contribution in [0.1, 0.15) is 40.2 Å². The van der Waals surface area contributed by atoms with Gasteiger partial charge >= 0.3 is 21.3 Å². The molecule has 12 heteroatoms. The van der Waals surface area contributed by atoms with Gasteiger partial charge in [0.2, 0.25) is 0 Å². The topological polar surface area (TPSA) is 108 Å². The van der Waals surface area contributed by atoms with Gasteiger partial charge in [-0.1, -0.05) is 12.1 Å². The van der Waals surface area contributed by atoms with E-state index in [1.807, 2.05) is 57.2 Å². The lowest BCUT2D eigenvalue weighted by molar-refractivity contribution is -0.221. The highest BCUT2D eigenvalue weighted by molar-refractivity contribution is 7.97. The van der Waals surface area contributed by atoms with E-state index in [1.54, 1.807) is 24.3 Å². The zero-order chi connectivity index (χ0) is 30.9. The van der Waals surface area contributed by atoms with Crippen molar-refractivity contribution in [2.75, 3.05) is 13.2 Å². The maximum absolute atomic E-state index is 14.0. The number of carbonyl (C=O) groups excluding carboxylic acids is 1. The first-order valence-corrected chi connectivity index (χ1v) is 15.7. The summed E-state index contributed by atoms with van der Waals surface area (Å²) >= 11 is 0. The Morgan fingerprint density at radius 3 is 1.79 bits per heavy atom. The van der Waals surface area contributed by atoms with Gasteiger partial charge in [0.1, 0.15) is 17.1 Å². The summed E-state index contributed by atoms with van der Waals surface area (Å²) in [4.78, 5) is 14.0. The molecule has 1 aliphatic heterocycles. The van der Waals surface area contributed by atoms with Gasteiger partial charge in [-0.3, -0.25) is 9.35 Å². The molecule has 4 rings (SSSR count). The zero-order valence-electron chi connectivity index (χ0n) is 23.8. The monoisotopic (exact) mass is 623 g/mol. The van der Waals surface area contributed by atoms with Crippen LogP contribution >= 0.6 is 0 Å². The van der Waals surface area contributed by atoms with Crippen molar-refractivity contribution in [2.24, 2.45) is 0 Å². The largest absolute Gasteiger partial charge is 0.483 e. The van der Waals surface area contributed by atoms with E-state index in [2.05, 4.69) is 0 Å². The number of halogens is 2. The van der Waals surface area contributed by atoms with Gasteiger partial charge in [0, 0.05) is 6.92 Å². The van der Waals surface area contributed by atoms with Gasteiger partial charge in [0.05, 0.1) is 29.7 Å². The number of esters is 1. The summed E-state index contributed by atoms with van der Waals surface area (Å²) < 4.78 is 81.5. The van der Waals surface area contributed by atoms with Gasteiger partial charge in [0.25, 0.3) is 0 Å². The number of rotatable bonds is 9. The maximum Gasteiger partial charge on any atom is 0.405 e. The predicted octanol–water partition coefficient (Wildman–Crippen LogP) is 6.00. The van der Waals surface area contributed by atoms with Gasteiger partial charge < -0.3 is 18.9 Å². The van der Waals surface area contributed by atoms with E-state index < -0.39 is 43.9 Å². The lowest BCUT2D eigenvalue weighted by atomic mass is 9.94. The van der Waals surface area contributed by atoms with Crippen molar-refractivity contribution in [3.63, 3.8) is 0 Å². The molecule has 3 aromatic carbocycles. The second-order valence-electron chi connectivity index (χ2n) is 10.7. The minimum atomic E-state index is -5.65. The molecule has 0 bridgehead atoms. The van der Waals surface area contributed by atoms with Crippen molar-refractivity contribution in [2.45, 2.75) is 71.9 Å². The molecule has 3 aromatic rings. The summed E-state index contributed by atoms with van der Waals surface area (Å²) in [5.41, 5.74) is -0.0221. The minimum Gasteiger partial charge on any atom is -0.483 e. The first-order chi connectivity index (χ1) is 19.5. The molecular weight excluding hydrogens is 590 g/mol. The fourth-order valence-electron chi connectivity index (χ4n) is 4.21. The van der Waals surface area contributed by atoms with Crippen LogP contribution in [0.25, 0.3) is 0 Å². The van der Waals surface area contributed by atoms with E-state index >= 15 is 0 Å². The number of benzene rings is 3. The average molecular weight is 624 g/mol. The molecule has 3 unspecified atom stereocenters. The molecule has 1 fully saturated rings. The third-order valence-electron chi connectivity index (χ3n) is 6.69. The number of hydrogen-bond donors (Lipinski definition) is 1. The molecule has 0 aliphatic carbocycles. The third-order valence-corrected chi connectivity index (χ3v) is 9.94. The van der Waals surface area contributed by atoms with Gasteiger partial charge in [-0.2, -0.15) is 17.2 Å². The van der Waals surface area contributed by atoms with Crippen molar-refractivity contribution in [1.29, 1.82) is 0 Å². The number of carbonyl (C=O) groups is 1. The van der Waals surface area contributed by atoms with E-state index in [0.29, 0.717) is 19.0 Å². The molecule has 0 aromatic heterocycles. The summed E-state index contributed by atoms with van der Waals surface area (Å²) in [6.07, 6.45) is -2.13. The van der Waals surface area contributed by atoms with E-state index in [-0.39, 0.29) is 11.4 Å². The molecule has 1 saturated heterocycles. The average Bonchev–Trinajstić information content (AvgIpc) is 2.92. The van der Waals surface area contributed by atoms with Gasteiger partial charge in [0.15, 0.2) is 20.8 Å². The van der Waals surface area contributed by atoms with Crippen LogP contribution in [0.4, 0.5) is 8.78 Å². The third kappa shape index (κ3) is 7.12. The molecule has 1 aliphatic rings. The minimum absolute atomic E-state index is 0.00368. The van der Waals surface area contributed by atoms with E-state index in [0.717, 1.165) is 27.2 Å². The van der Waals surface area contributed by atoms with Crippen LogP contribution in [0, 0.1) is 0 Å². The molecule has 1 heterocycles. The summed E-state index contributed by atoms with van der Waals surface area (Å²) in [5.74, 6) is -0.0376. The second-order valence-corrected chi connectivity index (χ2v) is 14.3. The van der Waals surface area contributed by atoms with Crippen LogP contribution in [0.15, 0.2) is 87.5 Å². The Morgan fingerprint density at radius 2 is 1.36 bits per heavy atom. The van der Waals surface area contributed by atoms with Crippen LogP contribution in [-0.2, 0) is 40.9 Å². The number of hydrogen-bond acceptors (Lipinski definition) is 7. The van der Waals surface area contributed by atoms with Crippen LogP contribution in [0.2, 0.25) is 0 Å². The second kappa shape index (κ2) is 11.9. The van der Waals surface area contributed by atoms with Crippen molar-refractivity contribution in [3.05, 3.63) is 78.4 Å². The molecule has 226 valence electrons. The van der Waals surface area contributed by atoms with Crippen molar-refractivity contribution in [1.82, 2.24) is 0 Å². The Kier molecular flexibility index (Phi) is 9.06. The van der Waals surface area contributed by atoms with E-state index in [4.69, 9.17) is 23.5 Å². The summed E-state index contributed by atoms with van der Waals surface area (Å²) in [7, 11) is -6.33. The normalized spacial score (nSPS) is 20.4. The summed E-state index contributed by atoms with van der Waals surface area (Å²) in [5, 5.41) is -4.49. The highest BCUT2D eigenvalue weighted by Gasteiger charge is 2.51. The van der Waals surface area contributed by atoms with E-state index in [9.17, 15) is 22.0 Å². The first-order valence-electron chi connectivity index (χ1n) is 13.0. The maximum atomic E-state index is 14.0. The van der Waals surface area contributed by atoms with Crippen molar-refractivity contribution < 1.29 is 45.5 Å². The Balaban J connectivity index is 1.65. The first kappa shape index (κ1) is 31.9. The van der Waals surface area contributed by atoms with Crippen LogP contribution in [-0.4, -0.2) is 49.1 Å². The Bertz CT molecular complexity index is 1500. The quantitative estimate of drug-likeness (QED) is 0.134. The van der Waals surface area contributed by atoms with Crippen LogP contribution in [0.3, 0.4) is 0 Å². The Morgan fingerprint density at radius 1 is 0.881 bits per heavy atom. The fourth-order valence-corrected chi connectivity index (χ4v) is 6.72. The molecule has 42 heavy (non-hydrogen) atoms. The lowest BCUT2D eigenvalue weighted by Crippen LogP contribution is -2.47. The summed E-state index contributed by atoms with van der Waals surface area (Å²) in [6.45, 7) is 8.97. The molecule has 0 amide bonds. The molecule has 0 spiro atoms. The standard InChI is InChI=1S/C30H32F2O8S2/c1-20(30(31,32)42(34,35)36)39-23-8-14-26(15-9-23)41(27-16-10-24(11-17-27)40-21(2)33)25-12-6-22(7-13-25)29(5)19-37-28(3,4)18-38-29/h6-17,20H,18-19H2,1-5H3/p+1. The predicted molar refractivity (Wildman–Crippen MR) is 153 cm³/mol. The highest BCUT2D eigenvalue weighted by atomic mass is 32.2. The molecule has 1 N–H and O–H groups in total. The van der Waals surface area contributed by atoms with Crippen LogP contribution < -0.4 is 9.47 Å². The van der Waals surface area contributed by atoms with Crippen LogP contribution in [0.5, 0.6) is 11.5 Å². The zero-order valence-corrected chi connectivity index (χ0v) is 25.4. The Labute approximate surface area is 247 Å². The fraction of sp³-hybridized carbons (Fsp3) is 0.367. The highest BCUT2D eigenvalue weighted by Crippen LogP contribution is 2.37. The number of alkyl halides is 2. The van der Waals surface area contributed by atoms with Gasteiger partial charge in [-0.15, -0.1) is 0 Å². The molecule has 3 atom stereocenters. The van der Waals surface area contributed by atoms with Gasteiger partial charge in [-0.25, -0.2) is 0 Å². The van der Waals surface area contributed by atoms with Crippen molar-refractivity contribution >= 4 is 27.0 Å². The SMILES string of the molecule is CC(=O)Oc1ccc([S+](c2ccc(OC(C)C(F)(F)S(=O)(=O)O)cc2)c2ccc(C3(C)COC(C)(C)CO3)cc2)cc1. The molecular formula is C30H33F2O8S2+. The smallest absolute Gasteiger partial charge is 0.405 e. The molecule has 0 radical (unpaired) electrons. The van der Waals surface area contributed by atoms with Gasteiger partial charge in [-0.05, 0) is 93.9 Å². The van der Waals surface area contributed by atoms with Crippen molar-refractivity contribution in [3.8, 4) is 11.5 Å². The molecule has 0 saturated carbocycles. The lowest BCUT2D eigenvalue weighted by Gasteiger charge is -2.41. The number of ether oxygens (including phenoxy) is 4. The summed E-state index contributed by atoms with van der Waals surface area (Å²) in [6, 6.07) is 21.4. The molecule has 8 nitrogen and oxygen atoms in total. The van der Waals surface area contributed by atoms with E-state index in [1.165, 1.54) is 19.1 Å².